The molecule has 1 unspecified atom stereocenters. The van der Waals surface area contributed by atoms with Crippen LogP contribution in [0.25, 0.3) is 0 Å². The lowest BCUT2D eigenvalue weighted by Crippen LogP contribution is -2.35. The maximum atomic E-state index is 5.70. The Labute approximate surface area is 97.4 Å². The molecule has 1 atom stereocenters. The van der Waals surface area contributed by atoms with Gasteiger partial charge in [0.1, 0.15) is 0 Å². The summed E-state index contributed by atoms with van der Waals surface area (Å²) in [6, 6.07) is 4.39. The summed E-state index contributed by atoms with van der Waals surface area (Å²) in [5.74, 6) is 6.34. The second-order valence-corrected chi connectivity index (χ2v) is 4.80. The van der Waals surface area contributed by atoms with E-state index in [2.05, 4.69) is 23.4 Å². The molecule has 2 rings (SSSR count). The van der Waals surface area contributed by atoms with Crippen LogP contribution in [-0.2, 0) is 0 Å². The van der Waals surface area contributed by atoms with Crippen molar-refractivity contribution in [1.82, 2.24) is 10.4 Å². The second-order valence-electron chi connectivity index (χ2n) is 4.80. The van der Waals surface area contributed by atoms with E-state index in [-0.39, 0.29) is 6.04 Å². The van der Waals surface area contributed by atoms with E-state index in [1.807, 2.05) is 12.3 Å². The second kappa shape index (κ2) is 5.41. The third-order valence-electron chi connectivity index (χ3n) is 3.56. The highest BCUT2D eigenvalue weighted by atomic mass is 15.2. The van der Waals surface area contributed by atoms with E-state index in [0.29, 0.717) is 5.92 Å². The van der Waals surface area contributed by atoms with Gasteiger partial charge in [-0.25, -0.2) is 0 Å². The van der Waals surface area contributed by atoms with E-state index in [9.17, 15) is 0 Å². The van der Waals surface area contributed by atoms with Gasteiger partial charge in [-0.15, -0.1) is 0 Å². The van der Waals surface area contributed by atoms with Crippen molar-refractivity contribution in [1.29, 1.82) is 0 Å². The molecule has 0 amide bonds. The molecule has 3 heteroatoms. The molecule has 1 aromatic rings. The van der Waals surface area contributed by atoms with E-state index in [0.717, 1.165) is 5.69 Å². The lowest BCUT2D eigenvalue weighted by molar-refractivity contribution is 0.269. The third-order valence-corrected chi connectivity index (χ3v) is 3.56. The highest BCUT2D eigenvalue weighted by Crippen LogP contribution is 2.33. The van der Waals surface area contributed by atoms with E-state index in [1.165, 1.54) is 37.7 Å². The van der Waals surface area contributed by atoms with Crippen molar-refractivity contribution >= 4 is 0 Å². The molecule has 1 fully saturated rings. The normalized spacial score (nSPS) is 19.6. The lowest BCUT2D eigenvalue weighted by atomic mass is 9.82. The highest BCUT2D eigenvalue weighted by molar-refractivity contribution is 5.17. The smallest absolute Gasteiger partial charge is 0.0660 e. The largest absolute Gasteiger partial charge is 0.271 e. The van der Waals surface area contributed by atoms with Gasteiger partial charge in [0.05, 0.1) is 11.7 Å². The number of pyridine rings is 1. The van der Waals surface area contributed by atoms with Crippen molar-refractivity contribution in [2.24, 2.45) is 11.8 Å². The number of hydrazine groups is 1. The number of hydrogen-bond acceptors (Lipinski definition) is 3. The van der Waals surface area contributed by atoms with Crippen LogP contribution in [-0.4, -0.2) is 4.98 Å². The van der Waals surface area contributed by atoms with Crippen LogP contribution in [0.2, 0.25) is 0 Å². The minimum absolute atomic E-state index is 0.222. The molecule has 3 nitrogen and oxygen atoms in total. The number of nitrogens with two attached hydrogens (primary N) is 1. The topological polar surface area (TPSA) is 50.9 Å². The summed E-state index contributed by atoms with van der Waals surface area (Å²) in [5, 5.41) is 0. The molecule has 1 aliphatic carbocycles. The Morgan fingerprint density at radius 3 is 2.75 bits per heavy atom. The fraction of sp³-hybridized carbons (Fsp3) is 0.615. The van der Waals surface area contributed by atoms with Crippen LogP contribution < -0.4 is 11.3 Å². The maximum Gasteiger partial charge on any atom is 0.0660 e. The lowest BCUT2D eigenvalue weighted by Gasteiger charge is -2.29. The standard InChI is InChI=1S/C13H21N3/c1-10-7-8-15-12(9-10)13(16-14)11-5-3-2-4-6-11/h7-9,11,13,16H,2-6,14H2,1H3. The first-order valence-electron chi connectivity index (χ1n) is 6.20. The molecule has 1 heterocycles. The monoisotopic (exact) mass is 219 g/mol. The Bertz CT molecular complexity index is 332. The van der Waals surface area contributed by atoms with Crippen LogP contribution in [0.1, 0.15) is 49.4 Å². The van der Waals surface area contributed by atoms with Crippen LogP contribution in [0, 0.1) is 12.8 Å². The molecule has 1 aliphatic rings. The Hall–Kier alpha value is -0.930. The van der Waals surface area contributed by atoms with Crippen LogP contribution >= 0.6 is 0 Å². The first-order chi connectivity index (χ1) is 7.81. The number of nitrogens with one attached hydrogen (secondary N) is 1. The van der Waals surface area contributed by atoms with Crippen molar-refractivity contribution in [2.75, 3.05) is 0 Å². The van der Waals surface area contributed by atoms with Gasteiger partial charge in [-0.3, -0.25) is 16.3 Å². The number of nitrogens with zero attached hydrogens (tertiary/aromatic N) is 1. The Morgan fingerprint density at radius 2 is 2.12 bits per heavy atom. The number of hydrogen-bond donors (Lipinski definition) is 2. The maximum absolute atomic E-state index is 5.70. The zero-order chi connectivity index (χ0) is 11.4. The van der Waals surface area contributed by atoms with Crippen molar-refractivity contribution in [2.45, 2.75) is 45.1 Å². The molecule has 3 N–H and O–H groups in total. The van der Waals surface area contributed by atoms with E-state index in [1.54, 1.807) is 0 Å². The molecule has 1 aromatic heterocycles. The van der Waals surface area contributed by atoms with Crippen molar-refractivity contribution < 1.29 is 0 Å². The third kappa shape index (κ3) is 2.60. The van der Waals surface area contributed by atoms with Gasteiger partial charge in [-0.05, 0) is 43.4 Å². The predicted molar refractivity (Wildman–Crippen MR) is 65.6 cm³/mol. The zero-order valence-corrected chi connectivity index (χ0v) is 9.95. The zero-order valence-electron chi connectivity index (χ0n) is 9.95. The summed E-state index contributed by atoms with van der Waals surface area (Å²) >= 11 is 0. The molecular formula is C13H21N3. The summed E-state index contributed by atoms with van der Waals surface area (Å²) in [6.45, 7) is 2.10. The number of aromatic nitrogens is 1. The minimum atomic E-state index is 0.222. The molecule has 0 spiro atoms. The van der Waals surface area contributed by atoms with E-state index >= 15 is 0 Å². The molecule has 16 heavy (non-hydrogen) atoms. The molecule has 0 aromatic carbocycles. The van der Waals surface area contributed by atoms with Crippen molar-refractivity contribution in [3.05, 3.63) is 29.6 Å². The van der Waals surface area contributed by atoms with Crippen LogP contribution in [0.3, 0.4) is 0 Å². The minimum Gasteiger partial charge on any atom is -0.271 e. The van der Waals surface area contributed by atoms with Crippen LogP contribution in [0.5, 0.6) is 0 Å². The van der Waals surface area contributed by atoms with Gasteiger partial charge in [0.25, 0.3) is 0 Å². The average molecular weight is 219 g/mol. The first kappa shape index (κ1) is 11.6. The molecule has 0 saturated heterocycles. The number of aryl methyl sites for hydroxylation is 1. The molecule has 0 bridgehead atoms. The molecule has 1 saturated carbocycles. The van der Waals surface area contributed by atoms with Gasteiger partial charge >= 0.3 is 0 Å². The van der Waals surface area contributed by atoms with Gasteiger partial charge in [0, 0.05) is 6.20 Å². The van der Waals surface area contributed by atoms with E-state index < -0.39 is 0 Å². The summed E-state index contributed by atoms with van der Waals surface area (Å²) in [7, 11) is 0. The van der Waals surface area contributed by atoms with Crippen molar-refractivity contribution in [3.63, 3.8) is 0 Å². The Kier molecular flexibility index (Phi) is 3.91. The van der Waals surface area contributed by atoms with Gasteiger partial charge in [-0.2, -0.15) is 0 Å². The average Bonchev–Trinajstić information content (AvgIpc) is 2.31. The fourth-order valence-corrected chi connectivity index (χ4v) is 2.66. The first-order valence-corrected chi connectivity index (χ1v) is 6.20. The van der Waals surface area contributed by atoms with Gasteiger partial charge < -0.3 is 0 Å². The van der Waals surface area contributed by atoms with Gasteiger partial charge in [0.15, 0.2) is 0 Å². The summed E-state index contributed by atoms with van der Waals surface area (Å²) < 4.78 is 0. The molecule has 0 aliphatic heterocycles. The fourth-order valence-electron chi connectivity index (χ4n) is 2.66. The summed E-state index contributed by atoms with van der Waals surface area (Å²) in [6.07, 6.45) is 8.44. The van der Waals surface area contributed by atoms with Crippen LogP contribution in [0.15, 0.2) is 18.3 Å². The summed E-state index contributed by atoms with van der Waals surface area (Å²) in [4.78, 5) is 4.44. The Morgan fingerprint density at radius 1 is 1.38 bits per heavy atom. The Balaban J connectivity index is 2.14. The molecular weight excluding hydrogens is 198 g/mol. The number of rotatable bonds is 3. The van der Waals surface area contributed by atoms with Gasteiger partial charge in [-0.1, -0.05) is 19.3 Å². The molecule has 0 radical (unpaired) electrons. The van der Waals surface area contributed by atoms with Gasteiger partial charge in [0.2, 0.25) is 0 Å². The van der Waals surface area contributed by atoms with Crippen molar-refractivity contribution in [3.8, 4) is 0 Å². The quantitative estimate of drug-likeness (QED) is 0.606. The molecule has 88 valence electrons. The van der Waals surface area contributed by atoms with Crippen LogP contribution in [0.4, 0.5) is 0 Å². The SMILES string of the molecule is Cc1ccnc(C(NN)C2CCCCC2)c1. The van der Waals surface area contributed by atoms with E-state index in [4.69, 9.17) is 5.84 Å². The summed E-state index contributed by atoms with van der Waals surface area (Å²) in [5.41, 5.74) is 5.30. The predicted octanol–water partition coefficient (Wildman–Crippen LogP) is 2.47. The highest BCUT2D eigenvalue weighted by Gasteiger charge is 2.24.